The van der Waals surface area contributed by atoms with Crippen LogP contribution in [0.2, 0.25) is 0 Å². The van der Waals surface area contributed by atoms with Gasteiger partial charge in [-0.1, -0.05) is 52.2 Å². The Morgan fingerprint density at radius 2 is 1.85 bits per heavy atom. The Hall–Kier alpha value is -3.28. The van der Waals surface area contributed by atoms with Gasteiger partial charge in [0, 0.05) is 15.6 Å². The SMILES string of the molecule is C#CCOc1c(Br)cc(Br)cc1/C=N/NC(=O)c1ccc(OCc2ccccc2)c(OCC)c1. The Bertz CT molecular complexity index is 1210. The zero-order valence-electron chi connectivity index (χ0n) is 18.4. The van der Waals surface area contributed by atoms with Gasteiger partial charge in [0.2, 0.25) is 0 Å². The molecular weight excluding hydrogens is 564 g/mol. The molecule has 0 saturated carbocycles. The van der Waals surface area contributed by atoms with Gasteiger partial charge in [0.15, 0.2) is 11.5 Å². The van der Waals surface area contributed by atoms with Crippen LogP contribution < -0.4 is 19.6 Å². The van der Waals surface area contributed by atoms with Gasteiger partial charge in [0.25, 0.3) is 5.91 Å². The van der Waals surface area contributed by atoms with Crippen LogP contribution in [0.15, 0.2) is 74.7 Å². The highest BCUT2D eigenvalue weighted by atomic mass is 79.9. The summed E-state index contributed by atoms with van der Waals surface area (Å²) in [4.78, 5) is 12.7. The molecule has 8 heteroatoms. The smallest absolute Gasteiger partial charge is 0.271 e. The van der Waals surface area contributed by atoms with Crippen molar-refractivity contribution >= 4 is 44.0 Å². The molecule has 0 spiro atoms. The number of carbonyl (C=O) groups is 1. The van der Waals surface area contributed by atoms with E-state index < -0.39 is 5.91 Å². The van der Waals surface area contributed by atoms with Crippen LogP contribution in [-0.4, -0.2) is 25.3 Å². The fourth-order valence-corrected chi connectivity index (χ4v) is 4.31. The number of benzene rings is 3. The summed E-state index contributed by atoms with van der Waals surface area (Å²) in [6.07, 6.45) is 6.78. The van der Waals surface area contributed by atoms with Crippen LogP contribution >= 0.6 is 31.9 Å². The third kappa shape index (κ3) is 7.11. The molecule has 3 aromatic rings. The Morgan fingerprint density at radius 1 is 1.06 bits per heavy atom. The van der Waals surface area contributed by atoms with Gasteiger partial charge in [0.1, 0.15) is 19.0 Å². The van der Waals surface area contributed by atoms with Crippen LogP contribution in [0, 0.1) is 12.3 Å². The molecule has 174 valence electrons. The van der Waals surface area contributed by atoms with Crippen molar-refractivity contribution in [2.24, 2.45) is 5.10 Å². The number of hydrogen-bond donors (Lipinski definition) is 1. The van der Waals surface area contributed by atoms with Crippen molar-refractivity contribution in [1.82, 2.24) is 5.43 Å². The topological polar surface area (TPSA) is 69.2 Å². The number of halogens is 2. The van der Waals surface area contributed by atoms with E-state index in [0.717, 1.165) is 10.0 Å². The minimum Gasteiger partial charge on any atom is -0.490 e. The van der Waals surface area contributed by atoms with E-state index in [9.17, 15) is 4.79 Å². The third-order valence-electron chi connectivity index (χ3n) is 4.45. The molecule has 0 saturated heterocycles. The van der Waals surface area contributed by atoms with E-state index in [4.69, 9.17) is 20.6 Å². The van der Waals surface area contributed by atoms with E-state index in [0.29, 0.717) is 46.1 Å². The number of amides is 1. The summed E-state index contributed by atoms with van der Waals surface area (Å²) in [6.45, 7) is 2.80. The largest absolute Gasteiger partial charge is 0.490 e. The normalized spacial score (nSPS) is 10.5. The molecule has 0 aliphatic heterocycles. The molecule has 1 amide bonds. The van der Waals surface area contributed by atoms with E-state index in [1.54, 1.807) is 24.3 Å². The van der Waals surface area contributed by atoms with Crippen molar-refractivity contribution in [2.45, 2.75) is 13.5 Å². The number of hydrazone groups is 1. The molecule has 0 fully saturated rings. The molecule has 3 aromatic carbocycles. The number of ether oxygens (including phenoxy) is 3. The van der Waals surface area contributed by atoms with E-state index in [2.05, 4.69) is 48.3 Å². The molecule has 3 rings (SSSR count). The van der Waals surface area contributed by atoms with Gasteiger partial charge in [-0.05, 0) is 58.7 Å². The summed E-state index contributed by atoms with van der Waals surface area (Å²) in [5.74, 6) is 3.60. The van der Waals surface area contributed by atoms with Gasteiger partial charge < -0.3 is 14.2 Å². The average molecular weight is 586 g/mol. The Labute approximate surface area is 215 Å². The Morgan fingerprint density at radius 3 is 2.59 bits per heavy atom. The predicted octanol–water partition coefficient (Wildman–Crippen LogP) is 5.97. The van der Waals surface area contributed by atoms with Crippen LogP contribution in [0.3, 0.4) is 0 Å². The lowest BCUT2D eigenvalue weighted by Crippen LogP contribution is -2.18. The van der Waals surface area contributed by atoms with E-state index in [1.807, 2.05) is 43.3 Å². The van der Waals surface area contributed by atoms with Crippen LogP contribution in [0.25, 0.3) is 0 Å². The van der Waals surface area contributed by atoms with Crippen molar-refractivity contribution in [1.29, 1.82) is 0 Å². The first kappa shape index (κ1) is 25.3. The number of hydrogen-bond acceptors (Lipinski definition) is 5. The summed E-state index contributed by atoms with van der Waals surface area (Å²) in [7, 11) is 0. The average Bonchev–Trinajstić information content (AvgIpc) is 2.83. The molecule has 0 radical (unpaired) electrons. The summed E-state index contributed by atoms with van der Waals surface area (Å²) in [5, 5.41) is 4.07. The molecule has 0 atom stereocenters. The van der Waals surface area contributed by atoms with Gasteiger partial charge in [-0.3, -0.25) is 4.79 Å². The van der Waals surface area contributed by atoms with Crippen molar-refractivity contribution in [3.8, 4) is 29.6 Å². The lowest BCUT2D eigenvalue weighted by molar-refractivity contribution is 0.0954. The first-order valence-corrected chi connectivity index (χ1v) is 11.9. The lowest BCUT2D eigenvalue weighted by Gasteiger charge is -2.13. The number of terminal acetylenes is 1. The minimum atomic E-state index is -0.396. The molecule has 6 nitrogen and oxygen atoms in total. The Kier molecular flexibility index (Phi) is 9.56. The van der Waals surface area contributed by atoms with E-state index in [1.165, 1.54) is 6.21 Å². The quantitative estimate of drug-likeness (QED) is 0.181. The minimum absolute atomic E-state index is 0.104. The van der Waals surface area contributed by atoms with Gasteiger partial charge in [-0.25, -0.2) is 5.43 Å². The molecule has 0 bridgehead atoms. The van der Waals surface area contributed by atoms with Crippen molar-refractivity contribution in [3.63, 3.8) is 0 Å². The number of carbonyl (C=O) groups excluding carboxylic acids is 1. The van der Waals surface area contributed by atoms with Gasteiger partial charge >= 0.3 is 0 Å². The maximum absolute atomic E-state index is 12.7. The molecular formula is C26H22Br2N2O4. The van der Waals surface area contributed by atoms with Gasteiger partial charge in [-0.15, -0.1) is 6.42 Å². The second-order valence-electron chi connectivity index (χ2n) is 6.87. The highest BCUT2D eigenvalue weighted by molar-refractivity contribution is 9.11. The highest BCUT2D eigenvalue weighted by Gasteiger charge is 2.13. The van der Waals surface area contributed by atoms with Crippen molar-refractivity contribution in [3.05, 3.63) is 86.3 Å². The molecule has 1 N–H and O–H groups in total. The fourth-order valence-electron chi connectivity index (χ4n) is 2.94. The first-order chi connectivity index (χ1) is 16.5. The molecule has 0 aliphatic rings. The first-order valence-electron chi connectivity index (χ1n) is 10.3. The third-order valence-corrected chi connectivity index (χ3v) is 5.50. The van der Waals surface area contributed by atoms with Crippen LogP contribution in [0.1, 0.15) is 28.4 Å². The van der Waals surface area contributed by atoms with E-state index in [-0.39, 0.29) is 6.61 Å². The zero-order chi connectivity index (χ0) is 24.3. The molecule has 0 aliphatic carbocycles. The fraction of sp³-hybridized carbons (Fsp3) is 0.154. The monoisotopic (exact) mass is 584 g/mol. The van der Waals surface area contributed by atoms with Crippen molar-refractivity contribution in [2.75, 3.05) is 13.2 Å². The van der Waals surface area contributed by atoms with Crippen LogP contribution in [-0.2, 0) is 6.61 Å². The summed E-state index contributed by atoms with van der Waals surface area (Å²) < 4.78 is 18.7. The second-order valence-corrected chi connectivity index (χ2v) is 8.64. The maximum Gasteiger partial charge on any atom is 0.271 e. The summed E-state index contributed by atoms with van der Waals surface area (Å²) in [5.41, 5.74) is 4.57. The molecule has 34 heavy (non-hydrogen) atoms. The van der Waals surface area contributed by atoms with E-state index >= 15 is 0 Å². The zero-order valence-corrected chi connectivity index (χ0v) is 21.6. The molecule has 0 heterocycles. The lowest BCUT2D eigenvalue weighted by atomic mass is 10.2. The summed E-state index contributed by atoms with van der Waals surface area (Å²) >= 11 is 6.87. The van der Waals surface area contributed by atoms with Gasteiger partial charge in [-0.2, -0.15) is 5.10 Å². The molecule has 0 aromatic heterocycles. The predicted molar refractivity (Wildman–Crippen MR) is 140 cm³/mol. The number of nitrogens with zero attached hydrogens (tertiary/aromatic N) is 1. The van der Waals surface area contributed by atoms with Crippen LogP contribution in [0.5, 0.6) is 17.2 Å². The second kappa shape index (κ2) is 12.8. The van der Waals surface area contributed by atoms with Crippen LogP contribution in [0.4, 0.5) is 0 Å². The Balaban J connectivity index is 1.72. The highest BCUT2D eigenvalue weighted by Crippen LogP contribution is 2.32. The maximum atomic E-state index is 12.7. The van der Waals surface area contributed by atoms with Crippen molar-refractivity contribution < 1.29 is 19.0 Å². The summed E-state index contributed by atoms with van der Waals surface area (Å²) in [6, 6.07) is 18.4. The number of nitrogens with one attached hydrogen (secondary N) is 1. The molecule has 0 unspecified atom stereocenters. The number of rotatable bonds is 10. The standard InChI is InChI=1S/C26H22Br2N2O4/c1-3-12-33-25-20(13-21(27)15-22(25)28)16-29-30-26(31)19-10-11-23(24(14-19)32-4-2)34-17-18-8-6-5-7-9-18/h1,5-11,13-16H,4,12,17H2,2H3,(H,30,31)/b29-16+. The van der Waals surface area contributed by atoms with Gasteiger partial charge in [0.05, 0.1) is 17.3 Å².